The molecule has 0 bridgehead atoms. The van der Waals surface area contributed by atoms with Crippen molar-refractivity contribution in [2.45, 2.75) is 69.9 Å². The van der Waals surface area contributed by atoms with E-state index in [0.29, 0.717) is 13.0 Å². The largest absolute Gasteiger partial charge is 0.444 e. The third-order valence-corrected chi connectivity index (χ3v) is 5.12. The molecule has 0 aromatic heterocycles. The van der Waals surface area contributed by atoms with Crippen molar-refractivity contribution < 1.29 is 17.9 Å². The zero-order valence-corrected chi connectivity index (χ0v) is 14.4. The highest BCUT2D eigenvalue weighted by molar-refractivity contribution is 7.91. The molecule has 1 aliphatic carbocycles. The summed E-state index contributed by atoms with van der Waals surface area (Å²) in [6.07, 6.45) is 3.32. The molecule has 0 heterocycles. The van der Waals surface area contributed by atoms with Crippen LogP contribution in [0.5, 0.6) is 0 Å². The minimum Gasteiger partial charge on any atom is -0.444 e. The molecule has 0 radical (unpaired) electrons. The highest BCUT2D eigenvalue weighted by atomic mass is 32.2. The summed E-state index contributed by atoms with van der Waals surface area (Å²) >= 11 is 0. The molecule has 1 amide bonds. The normalized spacial score (nSPS) is 24.6. The molecule has 0 aromatic rings. The minimum absolute atomic E-state index is 0.00938. The average molecular weight is 320 g/mol. The molecule has 0 aromatic carbocycles. The smallest absolute Gasteiger partial charge is 0.407 e. The Balaban J connectivity index is 2.40. The lowest BCUT2D eigenvalue weighted by molar-refractivity contribution is 0.0522. The number of hydrogen-bond donors (Lipinski definition) is 2. The minimum atomic E-state index is -3.03. The van der Waals surface area contributed by atoms with Gasteiger partial charge in [0.1, 0.15) is 5.60 Å². The zero-order chi connectivity index (χ0) is 16.3. The van der Waals surface area contributed by atoms with Gasteiger partial charge in [-0.15, -0.1) is 0 Å². The number of hydrogen-bond acceptors (Lipinski definition) is 5. The van der Waals surface area contributed by atoms with E-state index in [-0.39, 0.29) is 17.3 Å². The van der Waals surface area contributed by atoms with Crippen molar-refractivity contribution in [1.82, 2.24) is 10.6 Å². The molecule has 0 aliphatic heterocycles. The highest BCUT2D eigenvalue weighted by Crippen LogP contribution is 2.25. The van der Waals surface area contributed by atoms with Gasteiger partial charge in [0, 0.05) is 24.9 Å². The van der Waals surface area contributed by atoms with E-state index in [0.717, 1.165) is 12.8 Å². The molecule has 21 heavy (non-hydrogen) atoms. The van der Waals surface area contributed by atoms with Crippen LogP contribution in [0.3, 0.4) is 0 Å². The molecule has 1 rings (SSSR count). The van der Waals surface area contributed by atoms with E-state index in [1.165, 1.54) is 6.26 Å². The Kier molecular flexibility index (Phi) is 6.04. The Labute approximate surface area is 127 Å². The van der Waals surface area contributed by atoms with Crippen molar-refractivity contribution >= 4 is 15.9 Å². The fraction of sp³-hybridized carbons (Fsp3) is 0.929. The van der Waals surface area contributed by atoms with Crippen LogP contribution >= 0.6 is 0 Å². The molecule has 0 spiro atoms. The van der Waals surface area contributed by atoms with Gasteiger partial charge in [0.15, 0.2) is 9.84 Å². The number of nitrogens with one attached hydrogen (secondary N) is 2. The maximum Gasteiger partial charge on any atom is 0.407 e. The van der Waals surface area contributed by atoms with E-state index in [4.69, 9.17) is 4.74 Å². The van der Waals surface area contributed by atoms with Crippen molar-refractivity contribution in [3.8, 4) is 0 Å². The van der Waals surface area contributed by atoms with Crippen molar-refractivity contribution in [2.24, 2.45) is 0 Å². The maximum absolute atomic E-state index is 11.7. The molecular weight excluding hydrogens is 292 g/mol. The van der Waals surface area contributed by atoms with Gasteiger partial charge < -0.3 is 15.4 Å². The lowest BCUT2D eigenvalue weighted by atomic mass is 10.2. The standard InChI is InChI=1S/C14H28N2O4S/c1-10(9-15-13(17)20-14(2,3)4)16-11-7-6-8-12(11)21(5,18)19/h10-12,16H,6-9H2,1-5H3,(H,15,17). The van der Waals surface area contributed by atoms with E-state index < -0.39 is 21.5 Å². The Hall–Kier alpha value is -0.820. The van der Waals surface area contributed by atoms with Crippen molar-refractivity contribution in [3.63, 3.8) is 0 Å². The van der Waals surface area contributed by atoms with Crippen LogP contribution < -0.4 is 10.6 Å². The summed E-state index contributed by atoms with van der Waals surface area (Å²) in [6.45, 7) is 7.76. The number of rotatable bonds is 5. The second-order valence-electron chi connectivity index (χ2n) is 6.86. The Morgan fingerprint density at radius 2 is 1.95 bits per heavy atom. The Morgan fingerprint density at radius 1 is 1.33 bits per heavy atom. The van der Waals surface area contributed by atoms with Gasteiger partial charge in [-0.2, -0.15) is 0 Å². The zero-order valence-electron chi connectivity index (χ0n) is 13.6. The van der Waals surface area contributed by atoms with Crippen LogP contribution in [-0.4, -0.2) is 50.2 Å². The summed E-state index contributed by atoms with van der Waals surface area (Å²) in [6, 6.07) is -0.0414. The third-order valence-electron chi connectivity index (χ3n) is 3.45. The Morgan fingerprint density at radius 3 is 2.48 bits per heavy atom. The van der Waals surface area contributed by atoms with E-state index in [9.17, 15) is 13.2 Å². The van der Waals surface area contributed by atoms with E-state index in [2.05, 4.69) is 10.6 Å². The second kappa shape index (κ2) is 6.96. The van der Waals surface area contributed by atoms with Crippen molar-refractivity contribution in [1.29, 1.82) is 0 Å². The van der Waals surface area contributed by atoms with Crippen LogP contribution in [0, 0.1) is 0 Å². The molecule has 6 nitrogen and oxygen atoms in total. The SMILES string of the molecule is CC(CNC(=O)OC(C)(C)C)NC1CCCC1S(C)(=O)=O. The van der Waals surface area contributed by atoms with Crippen molar-refractivity contribution in [2.75, 3.05) is 12.8 Å². The van der Waals surface area contributed by atoms with Gasteiger partial charge in [-0.1, -0.05) is 6.42 Å². The summed E-state index contributed by atoms with van der Waals surface area (Å²) in [5.74, 6) is 0. The monoisotopic (exact) mass is 320 g/mol. The fourth-order valence-electron chi connectivity index (χ4n) is 2.60. The molecule has 1 fully saturated rings. The number of alkyl carbamates (subject to hydrolysis) is 1. The fourth-order valence-corrected chi connectivity index (χ4v) is 4.01. The summed E-state index contributed by atoms with van der Waals surface area (Å²) in [5, 5.41) is 5.68. The first-order valence-electron chi connectivity index (χ1n) is 7.41. The van der Waals surface area contributed by atoms with E-state index >= 15 is 0 Å². The van der Waals surface area contributed by atoms with Gasteiger partial charge in [0.05, 0.1) is 5.25 Å². The highest BCUT2D eigenvalue weighted by Gasteiger charge is 2.35. The first-order valence-corrected chi connectivity index (χ1v) is 9.36. The van der Waals surface area contributed by atoms with Gasteiger partial charge in [-0.3, -0.25) is 0 Å². The number of sulfone groups is 1. The quantitative estimate of drug-likeness (QED) is 0.801. The van der Waals surface area contributed by atoms with Crippen LogP contribution in [0.15, 0.2) is 0 Å². The predicted octanol–water partition coefficient (Wildman–Crippen LogP) is 1.45. The molecule has 2 N–H and O–H groups in total. The lowest BCUT2D eigenvalue weighted by Gasteiger charge is -2.25. The first kappa shape index (κ1) is 18.2. The van der Waals surface area contributed by atoms with Crippen LogP contribution in [-0.2, 0) is 14.6 Å². The molecule has 7 heteroatoms. The molecule has 3 atom stereocenters. The average Bonchev–Trinajstić information content (AvgIpc) is 2.71. The van der Waals surface area contributed by atoms with Gasteiger partial charge in [-0.25, -0.2) is 13.2 Å². The number of carbonyl (C=O) groups is 1. The topological polar surface area (TPSA) is 84.5 Å². The number of carbonyl (C=O) groups excluding carboxylic acids is 1. The molecule has 0 saturated heterocycles. The Bertz CT molecular complexity index is 456. The van der Waals surface area contributed by atoms with Crippen LogP contribution in [0.25, 0.3) is 0 Å². The predicted molar refractivity (Wildman–Crippen MR) is 83.1 cm³/mol. The number of ether oxygens (including phenoxy) is 1. The first-order chi connectivity index (χ1) is 9.49. The summed E-state index contributed by atoms with van der Waals surface area (Å²) in [5.41, 5.74) is -0.520. The molecule has 1 aliphatic rings. The molecule has 3 unspecified atom stereocenters. The summed E-state index contributed by atoms with van der Waals surface area (Å²) in [7, 11) is -3.03. The molecular formula is C14H28N2O4S. The third kappa shape index (κ3) is 6.65. The van der Waals surface area contributed by atoms with Gasteiger partial charge in [0.25, 0.3) is 0 Å². The molecule has 1 saturated carbocycles. The number of amides is 1. The lowest BCUT2D eigenvalue weighted by Crippen LogP contribution is -2.48. The second-order valence-corrected chi connectivity index (χ2v) is 9.12. The van der Waals surface area contributed by atoms with E-state index in [1.807, 2.05) is 27.7 Å². The van der Waals surface area contributed by atoms with Gasteiger partial charge in [-0.05, 0) is 40.5 Å². The van der Waals surface area contributed by atoms with Gasteiger partial charge >= 0.3 is 6.09 Å². The van der Waals surface area contributed by atoms with Crippen LogP contribution in [0.4, 0.5) is 4.79 Å². The summed E-state index contributed by atoms with van der Waals surface area (Å²) < 4.78 is 28.6. The van der Waals surface area contributed by atoms with Gasteiger partial charge in [0.2, 0.25) is 0 Å². The van der Waals surface area contributed by atoms with E-state index in [1.54, 1.807) is 0 Å². The van der Waals surface area contributed by atoms with Crippen LogP contribution in [0.1, 0.15) is 47.0 Å². The summed E-state index contributed by atoms with van der Waals surface area (Å²) in [4.78, 5) is 11.6. The van der Waals surface area contributed by atoms with Crippen LogP contribution in [0.2, 0.25) is 0 Å². The maximum atomic E-state index is 11.7. The van der Waals surface area contributed by atoms with Crippen molar-refractivity contribution in [3.05, 3.63) is 0 Å². The molecule has 124 valence electrons.